The third-order valence-corrected chi connectivity index (χ3v) is 8.24. The van der Waals surface area contributed by atoms with Crippen LogP contribution in [-0.4, -0.2) is 0 Å². The fourth-order valence-electron chi connectivity index (χ4n) is 6.30. The van der Waals surface area contributed by atoms with Crippen molar-refractivity contribution in [2.45, 2.75) is 0 Å². The molecule has 186 valence electrons. The Morgan fingerprint density at radius 2 is 0.800 bits per heavy atom. The lowest BCUT2D eigenvalue weighted by molar-refractivity contribution is 1.62. The lowest BCUT2D eigenvalue weighted by Gasteiger charge is -2.12. The maximum Gasteiger partial charge on any atom is -0.00208 e. The van der Waals surface area contributed by atoms with Gasteiger partial charge in [-0.25, -0.2) is 0 Å². The van der Waals surface area contributed by atoms with E-state index < -0.39 is 0 Å². The van der Waals surface area contributed by atoms with E-state index in [0.717, 1.165) is 0 Å². The summed E-state index contributed by atoms with van der Waals surface area (Å²) < 4.78 is 0. The molecule has 8 rings (SSSR count). The van der Waals surface area contributed by atoms with E-state index in [9.17, 15) is 0 Å². The minimum Gasteiger partial charge on any atom is -0.0616 e. The molecular weight excluding hydrogens is 480 g/mol. The highest BCUT2D eigenvalue weighted by molar-refractivity contribution is 6.24. The van der Waals surface area contributed by atoms with Crippen molar-refractivity contribution in [3.05, 3.63) is 156 Å². The smallest absolute Gasteiger partial charge is 0.00208 e. The van der Waals surface area contributed by atoms with Gasteiger partial charge in [-0.15, -0.1) is 0 Å². The first kappa shape index (κ1) is 22.8. The van der Waals surface area contributed by atoms with Crippen LogP contribution in [0, 0.1) is 0 Å². The molecule has 0 atom stereocenters. The first-order valence-electron chi connectivity index (χ1n) is 13.9. The lowest BCUT2D eigenvalue weighted by Crippen LogP contribution is -1.86. The van der Waals surface area contributed by atoms with Gasteiger partial charge in [0.1, 0.15) is 0 Å². The Morgan fingerprint density at radius 1 is 0.300 bits per heavy atom. The van der Waals surface area contributed by atoms with Crippen LogP contribution < -0.4 is 0 Å². The fraction of sp³-hybridized carbons (Fsp3) is 0. The molecule has 0 aliphatic heterocycles. The fourth-order valence-corrected chi connectivity index (χ4v) is 6.30. The van der Waals surface area contributed by atoms with Crippen molar-refractivity contribution in [2.24, 2.45) is 0 Å². The average Bonchev–Trinajstić information content (AvgIpc) is 3.01. The third-order valence-electron chi connectivity index (χ3n) is 8.24. The molecule has 0 saturated carbocycles. The quantitative estimate of drug-likeness (QED) is 0.126. The zero-order chi connectivity index (χ0) is 26.5. The maximum absolute atomic E-state index is 2.29. The summed E-state index contributed by atoms with van der Waals surface area (Å²) in [6.07, 6.45) is 9.07. The summed E-state index contributed by atoms with van der Waals surface area (Å²) in [7, 11) is 0. The predicted molar refractivity (Wildman–Crippen MR) is 176 cm³/mol. The first-order chi connectivity index (χ1) is 19.8. The van der Waals surface area contributed by atoms with Gasteiger partial charge in [-0.1, -0.05) is 152 Å². The highest BCUT2D eigenvalue weighted by Gasteiger charge is 2.10. The van der Waals surface area contributed by atoms with Gasteiger partial charge < -0.3 is 0 Å². The van der Waals surface area contributed by atoms with Crippen molar-refractivity contribution in [1.29, 1.82) is 0 Å². The maximum atomic E-state index is 2.29. The van der Waals surface area contributed by atoms with Crippen LogP contribution in [0.25, 0.3) is 78.2 Å². The number of hydrogen-bond donors (Lipinski definition) is 0. The van der Waals surface area contributed by atoms with Gasteiger partial charge in [0, 0.05) is 0 Å². The molecule has 0 saturated heterocycles. The molecule has 8 aromatic carbocycles. The molecule has 40 heavy (non-hydrogen) atoms. The highest BCUT2D eigenvalue weighted by Crippen LogP contribution is 2.36. The van der Waals surface area contributed by atoms with Crippen molar-refractivity contribution >= 4 is 78.2 Å². The Morgan fingerprint density at radius 3 is 1.50 bits per heavy atom. The molecule has 0 radical (unpaired) electrons. The summed E-state index contributed by atoms with van der Waals surface area (Å²) in [5.74, 6) is 0. The van der Waals surface area contributed by atoms with E-state index >= 15 is 0 Å². The van der Waals surface area contributed by atoms with Gasteiger partial charge in [-0.05, 0) is 82.2 Å². The van der Waals surface area contributed by atoms with Crippen LogP contribution in [0.5, 0.6) is 0 Å². The molecule has 0 aromatic heterocycles. The Labute approximate surface area is 233 Å². The second-order valence-electron chi connectivity index (χ2n) is 10.5. The summed E-state index contributed by atoms with van der Waals surface area (Å²) >= 11 is 0. The topological polar surface area (TPSA) is 0 Å². The van der Waals surface area contributed by atoms with E-state index in [2.05, 4.69) is 158 Å². The molecule has 0 bridgehead atoms. The minimum atomic E-state index is 1.20. The van der Waals surface area contributed by atoms with Crippen LogP contribution in [0.1, 0.15) is 22.3 Å². The summed E-state index contributed by atoms with van der Waals surface area (Å²) in [6, 6.07) is 48.4. The zero-order valence-electron chi connectivity index (χ0n) is 22.0. The van der Waals surface area contributed by atoms with Crippen molar-refractivity contribution in [3.8, 4) is 0 Å². The standard InChI is InChI=1S/C40H26/c1-2-9-28(22-25-38-35-14-5-3-10-33(35)26-34-11-4-6-15-36(34)38)27(8-1)16-17-29-18-19-32-21-20-30-12-7-13-31-23-24-37(29)40(32)39(30)31/h1-26H/b17-16+,25-22+. The zero-order valence-corrected chi connectivity index (χ0v) is 22.0. The van der Waals surface area contributed by atoms with Crippen molar-refractivity contribution < 1.29 is 0 Å². The van der Waals surface area contributed by atoms with Gasteiger partial charge >= 0.3 is 0 Å². The second kappa shape index (κ2) is 9.22. The summed E-state index contributed by atoms with van der Waals surface area (Å²) in [5, 5.41) is 13.0. The molecule has 0 aliphatic carbocycles. The van der Waals surface area contributed by atoms with Crippen molar-refractivity contribution in [2.75, 3.05) is 0 Å². The Hall–Kier alpha value is -5.20. The van der Waals surface area contributed by atoms with Crippen LogP contribution in [0.3, 0.4) is 0 Å². The largest absolute Gasteiger partial charge is 0.0616 e. The molecule has 0 nitrogen and oxygen atoms in total. The summed E-state index contributed by atoms with van der Waals surface area (Å²) in [4.78, 5) is 0. The van der Waals surface area contributed by atoms with E-state index in [0.29, 0.717) is 0 Å². The van der Waals surface area contributed by atoms with Gasteiger partial charge in [-0.2, -0.15) is 0 Å². The van der Waals surface area contributed by atoms with E-state index in [4.69, 9.17) is 0 Å². The minimum absolute atomic E-state index is 1.20. The van der Waals surface area contributed by atoms with E-state index in [-0.39, 0.29) is 0 Å². The number of rotatable bonds is 4. The molecule has 8 aromatic rings. The molecular formula is C40H26. The number of benzene rings is 8. The second-order valence-corrected chi connectivity index (χ2v) is 10.5. The number of hydrogen-bond acceptors (Lipinski definition) is 0. The first-order valence-corrected chi connectivity index (χ1v) is 13.9. The van der Waals surface area contributed by atoms with E-state index in [1.54, 1.807) is 0 Å². The molecule has 0 fully saturated rings. The molecule has 0 heteroatoms. The van der Waals surface area contributed by atoms with Gasteiger partial charge in [0.2, 0.25) is 0 Å². The van der Waals surface area contributed by atoms with Crippen LogP contribution in [-0.2, 0) is 0 Å². The normalized spacial score (nSPS) is 12.3. The van der Waals surface area contributed by atoms with Crippen molar-refractivity contribution in [3.63, 3.8) is 0 Å². The average molecular weight is 507 g/mol. The SMILES string of the molecule is C(=C\c1c2ccccc2cc2ccccc12)/c1ccccc1/C=C/c1ccc2ccc3cccc4ccc1c2c34. The lowest BCUT2D eigenvalue weighted by atomic mass is 9.91. The monoisotopic (exact) mass is 506 g/mol. The molecule has 0 spiro atoms. The van der Waals surface area contributed by atoms with Crippen molar-refractivity contribution in [1.82, 2.24) is 0 Å². The van der Waals surface area contributed by atoms with Gasteiger partial charge in [0.05, 0.1) is 0 Å². The summed E-state index contributed by atoms with van der Waals surface area (Å²) in [6.45, 7) is 0. The Bertz CT molecular complexity index is 2190. The van der Waals surface area contributed by atoms with Crippen LogP contribution in [0.4, 0.5) is 0 Å². The van der Waals surface area contributed by atoms with Gasteiger partial charge in [-0.3, -0.25) is 0 Å². The molecule has 0 N–H and O–H groups in total. The molecule has 0 heterocycles. The third kappa shape index (κ3) is 3.69. The van der Waals surface area contributed by atoms with E-state index in [1.165, 1.54) is 76.1 Å². The summed E-state index contributed by atoms with van der Waals surface area (Å²) in [5.41, 5.74) is 4.91. The van der Waals surface area contributed by atoms with Gasteiger partial charge in [0.25, 0.3) is 0 Å². The molecule has 0 amide bonds. The van der Waals surface area contributed by atoms with Crippen LogP contribution in [0.15, 0.2) is 133 Å². The van der Waals surface area contributed by atoms with Crippen LogP contribution in [0.2, 0.25) is 0 Å². The molecule has 0 aliphatic rings. The van der Waals surface area contributed by atoms with E-state index in [1.807, 2.05) is 0 Å². The van der Waals surface area contributed by atoms with Gasteiger partial charge in [0.15, 0.2) is 0 Å². The Balaban J connectivity index is 1.23. The molecule has 0 unspecified atom stereocenters. The van der Waals surface area contributed by atoms with Crippen LogP contribution >= 0.6 is 0 Å². The highest BCUT2D eigenvalue weighted by atomic mass is 14.1. The number of fused-ring (bicyclic) bond motifs is 2. The predicted octanol–water partition coefficient (Wildman–Crippen LogP) is 11.2. The Kier molecular flexibility index (Phi) is 5.24.